The molecule has 4 nitrogen and oxygen atoms in total. The lowest BCUT2D eigenvalue weighted by Gasteiger charge is -2.20. The lowest BCUT2D eigenvalue weighted by molar-refractivity contribution is 0.435. The van der Waals surface area contributed by atoms with Gasteiger partial charge in [-0.15, -0.1) is 0 Å². The van der Waals surface area contributed by atoms with E-state index >= 15 is 0 Å². The molecule has 1 aromatic rings. The van der Waals surface area contributed by atoms with Crippen molar-refractivity contribution in [3.8, 4) is 0 Å². The van der Waals surface area contributed by atoms with E-state index in [-0.39, 0.29) is 20.6 Å². The van der Waals surface area contributed by atoms with Crippen LogP contribution >= 0.6 is 35.0 Å². The molecular formula is C11H14Cl2N2O2S2. The number of sulfonamides is 1. The fourth-order valence-electron chi connectivity index (χ4n) is 1.85. The predicted molar refractivity (Wildman–Crippen MR) is 81.6 cm³/mol. The van der Waals surface area contributed by atoms with E-state index < -0.39 is 10.0 Å². The largest absolute Gasteiger partial charge is 0.396 e. The smallest absolute Gasteiger partial charge is 0.244 e. The summed E-state index contributed by atoms with van der Waals surface area (Å²) in [5.41, 5.74) is 5.79. The van der Waals surface area contributed by atoms with E-state index in [2.05, 4.69) is 0 Å². The number of hydrogen-bond donors (Lipinski definition) is 1. The summed E-state index contributed by atoms with van der Waals surface area (Å²) < 4.78 is 26.6. The fraction of sp³-hybridized carbons (Fsp3) is 0.455. The summed E-state index contributed by atoms with van der Waals surface area (Å²) in [6.07, 6.45) is 0.838. The first kappa shape index (κ1) is 15.3. The second kappa shape index (κ2) is 6.10. The molecule has 0 aromatic heterocycles. The molecular weight excluding hydrogens is 327 g/mol. The van der Waals surface area contributed by atoms with E-state index in [4.69, 9.17) is 28.9 Å². The second-order valence-corrected chi connectivity index (χ2v) is 8.06. The second-order valence-electron chi connectivity index (χ2n) is 4.14. The number of nitrogen functional groups attached to an aromatic ring is 1. The highest BCUT2D eigenvalue weighted by atomic mass is 35.5. The van der Waals surface area contributed by atoms with Crippen molar-refractivity contribution in [2.75, 3.05) is 30.3 Å². The molecule has 2 N–H and O–H groups in total. The third kappa shape index (κ3) is 3.13. The quantitative estimate of drug-likeness (QED) is 0.840. The summed E-state index contributed by atoms with van der Waals surface area (Å²) in [6, 6.07) is 2.87. The van der Waals surface area contributed by atoms with Crippen molar-refractivity contribution in [1.29, 1.82) is 0 Å². The van der Waals surface area contributed by atoms with Gasteiger partial charge in [-0.05, 0) is 24.3 Å². The number of benzene rings is 1. The molecule has 0 spiro atoms. The molecule has 1 saturated heterocycles. The molecule has 1 heterocycles. The van der Waals surface area contributed by atoms with Crippen molar-refractivity contribution in [2.45, 2.75) is 11.3 Å². The molecule has 0 radical (unpaired) electrons. The molecule has 8 heteroatoms. The number of nitrogens with zero attached hydrogens (tertiary/aromatic N) is 1. The first-order valence-electron chi connectivity index (χ1n) is 5.76. The zero-order valence-electron chi connectivity index (χ0n) is 10.1. The van der Waals surface area contributed by atoms with E-state index in [0.717, 1.165) is 17.9 Å². The highest BCUT2D eigenvalue weighted by Crippen LogP contribution is 2.34. The van der Waals surface area contributed by atoms with Crippen LogP contribution < -0.4 is 5.73 Å². The number of rotatable bonds is 2. The van der Waals surface area contributed by atoms with Gasteiger partial charge in [-0.3, -0.25) is 0 Å². The Morgan fingerprint density at radius 1 is 1.21 bits per heavy atom. The van der Waals surface area contributed by atoms with Gasteiger partial charge >= 0.3 is 0 Å². The van der Waals surface area contributed by atoms with Crippen LogP contribution in [-0.4, -0.2) is 37.3 Å². The van der Waals surface area contributed by atoms with E-state index in [0.29, 0.717) is 13.1 Å². The minimum atomic E-state index is -3.61. The van der Waals surface area contributed by atoms with Gasteiger partial charge in [-0.2, -0.15) is 16.1 Å². The monoisotopic (exact) mass is 340 g/mol. The lowest BCUT2D eigenvalue weighted by atomic mass is 10.3. The zero-order valence-corrected chi connectivity index (χ0v) is 13.2. The zero-order chi connectivity index (χ0) is 14.0. The van der Waals surface area contributed by atoms with Crippen molar-refractivity contribution in [3.05, 3.63) is 22.2 Å². The van der Waals surface area contributed by atoms with Crippen LogP contribution in [0.25, 0.3) is 0 Å². The molecule has 2 rings (SSSR count). The molecule has 0 aliphatic carbocycles. The Morgan fingerprint density at radius 2 is 1.95 bits per heavy atom. The van der Waals surface area contributed by atoms with Crippen LogP contribution in [0.3, 0.4) is 0 Å². The molecule has 0 unspecified atom stereocenters. The van der Waals surface area contributed by atoms with Crippen molar-refractivity contribution in [1.82, 2.24) is 4.31 Å². The highest BCUT2D eigenvalue weighted by molar-refractivity contribution is 7.99. The molecule has 19 heavy (non-hydrogen) atoms. The maximum absolute atomic E-state index is 12.6. The molecule has 0 amide bonds. The van der Waals surface area contributed by atoms with Crippen LogP contribution in [0.5, 0.6) is 0 Å². The Hall–Kier alpha value is -0.140. The van der Waals surface area contributed by atoms with Gasteiger partial charge in [-0.1, -0.05) is 23.2 Å². The minimum absolute atomic E-state index is 0.00407. The van der Waals surface area contributed by atoms with Gasteiger partial charge in [0.15, 0.2) is 0 Å². The van der Waals surface area contributed by atoms with Gasteiger partial charge in [0.05, 0.1) is 15.7 Å². The molecule has 0 atom stereocenters. The molecule has 1 aliphatic heterocycles. The molecule has 106 valence electrons. The summed E-state index contributed by atoms with van der Waals surface area (Å²) in [5.74, 6) is 1.77. The first-order valence-corrected chi connectivity index (χ1v) is 9.11. The molecule has 1 fully saturated rings. The Morgan fingerprint density at radius 3 is 2.68 bits per heavy atom. The number of anilines is 1. The summed E-state index contributed by atoms with van der Waals surface area (Å²) >= 11 is 13.6. The lowest BCUT2D eigenvalue weighted by Crippen LogP contribution is -2.33. The Balaban J connectivity index is 2.41. The summed E-state index contributed by atoms with van der Waals surface area (Å²) in [4.78, 5) is 0.0305. The van der Waals surface area contributed by atoms with Crippen LogP contribution in [-0.2, 0) is 10.0 Å². The first-order chi connectivity index (χ1) is 8.94. The van der Waals surface area contributed by atoms with Gasteiger partial charge in [0, 0.05) is 18.8 Å². The Kier molecular flexibility index (Phi) is 4.89. The topological polar surface area (TPSA) is 63.4 Å². The van der Waals surface area contributed by atoms with E-state index in [1.807, 2.05) is 0 Å². The van der Waals surface area contributed by atoms with Gasteiger partial charge in [0.25, 0.3) is 0 Å². The number of thioether (sulfide) groups is 1. The minimum Gasteiger partial charge on any atom is -0.396 e. The Labute approximate surface area is 127 Å². The number of halogens is 2. The molecule has 1 aromatic carbocycles. The van der Waals surface area contributed by atoms with Crippen LogP contribution in [0, 0.1) is 0 Å². The van der Waals surface area contributed by atoms with Crippen molar-refractivity contribution in [3.63, 3.8) is 0 Å². The van der Waals surface area contributed by atoms with Gasteiger partial charge in [-0.25, -0.2) is 8.42 Å². The molecule has 1 aliphatic rings. The summed E-state index contributed by atoms with van der Waals surface area (Å²) in [6.45, 7) is 1.00. The van der Waals surface area contributed by atoms with Gasteiger partial charge in [0.1, 0.15) is 4.90 Å². The van der Waals surface area contributed by atoms with E-state index in [9.17, 15) is 8.42 Å². The highest BCUT2D eigenvalue weighted by Gasteiger charge is 2.28. The average molecular weight is 341 g/mol. The number of nitrogens with two attached hydrogens (primary N) is 1. The van der Waals surface area contributed by atoms with Crippen LogP contribution in [0.2, 0.25) is 10.0 Å². The van der Waals surface area contributed by atoms with Crippen molar-refractivity contribution in [2.24, 2.45) is 0 Å². The summed E-state index contributed by atoms with van der Waals surface area (Å²) in [7, 11) is -3.61. The normalized spacial score (nSPS) is 18.2. The molecule has 0 saturated carbocycles. The van der Waals surface area contributed by atoms with Crippen molar-refractivity contribution >= 4 is 50.7 Å². The van der Waals surface area contributed by atoms with Crippen LogP contribution in [0.1, 0.15) is 6.42 Å². The predicted octanol–water partition coefficient (Wildman–Crippen LogP) is 2.70. The van der Waals surface area contributed by atoms with Gasteiger partial charge < -0.3 is 5.73 Å². The third-order valence-electron chi connectivity index (χ3n) is 2.89. The molecule has 0 bridgehead atoms. The van der Waals surface area contributed by atoms with E-state index in [1.54, 1.807) is 11.8 Å². The van der Waals surface area contributed by atoms with E-state index in [1.165, 1.54) is 16.4 Å². The van der Waals surface area contributed by atoms with Crippen molar-refractivity contribution < 1.29 is 8.42 Å². The maximum Gasteiger partial charge on any atom is 0.244 e. The Bertz CT molecular complexity index is 570. The van der Waals surface area contributed by atoms with Crippen LogP contribution in [0.15, 0.2) is 17.0 Å². The van der Waals surface area contributed by atoms with Crippen LogP contribution in [0.4, 0.5) is 5.69 Å². The fourth-order valence-corrected chi connectivity index (χ4v) is 5.07. The van der Waals surface area contributed by atoms with Gasteiger partial charge in [0.2, 0.25) is 10.0 Å². The SMILES string of the molecule is Nc1c(Cl)ccc(S(=O)(=O)N2CCCSCC2)c1Cl. The standard InChI is InChI=1S/C11H14Cl2N2O2S2/c12-8-2-3-9(10(13)11(8)14)19(16,17)15-4-1-6-18-7-5-15/h2-3H,1,4-7,14H2. The maximum atomic E-state index is 12.6. The number of hydrogen-bond acceptors (Lipinski definition) is 4. The average Bonchev–Trinajstić information content (AvgIpc) is 2.65. The third-order valence-corrected chi connectivity index (χ3v) is 6.73. The summed E-state index contributed by atoms with van der Waals surface area (Å²) in [5, 5.41) is 0.264.